The summed E-state index contributed by atoms with van der Waals surface area (Å²) in [4.78, 5) is 10.5. The number of hydrogen-bond acceptors (Lipinski definition) is 2. The lowest BCUT2D eigenvalue weighted by Crippen LogP contribution is -2.42. The Kier molecular flexibility index (Phi) is 6.82. The molecule has 0 heterocycles. The van der Waals surface area contributed by atoms with Gasteiger partial charge in [0.1, 0.15) is 0 Å². The van der Waals surface area contributed by atoms with E-state index in [1.807, 2.05) is 13.8 Å². The van der Waals surface area contributed by atoms with Gasteiger partial charge in [0.2, 0.25) is 5.91 Å². The molecule has 10 heavy (non-hydrogen) atoms. The maximum Gasteiger partial charge on any atom is 0.234 e. The molecule has 62 valence electrons. The standard InChI is InChI=1S/C6H14N2O.ClH/c1-4(2)5(8-3)6(7)9;/h4-5,8H,1-3H3,(H2,7,9);1H/t5-;/m0./s1. The Bertz CT molecular complexity index is 106. The predicted octanol–water partition coefficient (Wildman–Crippen LogP) is 0.137. The summed E-state index contributed by atoms with van der Waals surface area (Å²) in [6, 6.07) is -0.190. The normalized spacial score (nSPS) is 12.4. The van der Waals surface area contributed by atoms with E-state index < -0.39 is 0 Å². The minimum absolute atomic E-state index is 0. The van der Waals surface area contributed by atoms with Gasteiger partial charge in [-0.05, 0) is 13.0 Å². The zero-order valence-electron chi connectivity index (χ0n) is 6.55. The molecule has 0 aromatic heterocycles. The summed E-state index contributed by atoms with van der Waals surface area (Å²) in [7, 11) is 1.73. The van der Waals surface area contributed by atoms with Crippen molar-refractivity contribution in [1.82, 2.24) is 5.32 Å². The number of amides is 1. The molecule has 0 fully saturated rings. The van der Waals surface area contributed by atoms with Crippen molar-refractivity contribution in [3.05, 3.63) is 0 Å². The summed E-state index contributed by atoms with van der Waals surface area (Å²) in [6.07, 6.45) is 0. The van der Waals surface area contributed by atoms with Crippen LogP contribution in [0.2, 0.25) is 0 Å². The van der Waals surface area contributed by atoms with Crippen LogP contribution >= 0.6 is 12.4 Å². The molecule has 3 N–H and O–H groups in total. The first-order valence-electron chi connectivity index (χ1n) is 3.06. The average molecular weight is 167 g/mol. The van der Waals surface area contributed by atoms with E-state index in [2.05, 4.69) is 5.32 Å². The molecule has 0 bridgehead atoms. The zero-order chi connectivity index (χ0) is 7.44. The predicted molar refractivity (Wildman–Crippen MR) is 44.1 cm³/mol. The van der Waals surface area contributed by atoms with E-state index in [9.17, 15) is 4.79 Å². The van der Waals surface area contributed by atoms with E-state index in [-0.39, 0.29) is 30.3 Å². The number of hydrogen-bond donors (Lipinski definition) is 2. The molecule has 0 saturated heterocycles. The molecular formula is C6H15ClN2O. The lowest BCUT2D eigenvalue weighted by Gasteiger charge is -2.14. The van der Waals surface area contributed by atoms with Gasteiger partial charge in [-0.1, -0.05) is 13.8 Å². The summed E-state index contributed by atoms with van der Waals surface area (Å²) >= 11 is 0. The molecule has 0 aliphatic rings. The third-order valence-corrected chi connectivity index (χ3v) is 1.28. The molecule has 0 aliphatic carbocycles. The van der Waals surface area contributed by atoms with Crippen LogP contribution in [-0.4, -0.2) is 19.0 Å². The summed E-state index contributed by atoms with van der Waals surface area (Å²) in [6.45, 7) is 3.90. The van der Waals surface area contributed by atoms with Crippen LogP contribution in [0.4, 0.5) is 0 Å². The SMILES string of the molecule is CN[C@H](C(N)=O)C(C)C.Cl. The Morgan fingerprint density at radius 3 is 1.90 bits per heavy atom. The molecule has 4 heteroatoms. The average Bonchev–Trinajstić information content (AvgIpc) is 1.64. The van der Waals surface area contributed by atoms with Crippen molar-refractivity contribution < 1.29 is 4.79 Å². The Morgan fingerprint density at radius 1 is 1.50 bits per heavy atom. The molecule has 0 rings (SSSR count). The van der Waals surface area contributed by atoms with E-state index in [1.165, 1.54) is 0 Å². The summed E-state index contributed by atoms with van der Waals surface area (Å²) in [5.74, 6) is -0.0139. The van der Waals surface area contributed by atoms with E-state index in [4.69, 9.17) is 5.73 Å². The van der Waals surface area contributed by atoms with Crippen LogP contribution in [0, 0.1) is 5.92 Å². The van der Waals surface area contributed by atoms with E-state index in [1.54, 1.807) is 7.05 Å². The fraction of sp³-hybridized carbons (Fsp3) is 0.833. The lowest BCUT2D eigenvalue weighted by atomic mass is 10.0. The minimum atomic E-state index is -0.285. The van der Waals surface area contributed by atoms with Crippen molar-refractivity contribution in [3.8, 4) is 0 Å². The second-order valence-corrected chi connectivity index (χ2v) is 2.41. The van der Waals surface area contributed by atoms with Crippen LogP contribution in [0.3, 0.4) is 0 Å². The van der Waals surface area contributed by atoms with Gasteiger partial charge in [-0.2, -0.15) is 0 Å². The number of nitrogens with one attached hydrogen (secondary N) is 1. The highest BCUT2D eigenvalue weighted by molar-refractivity contribution is 5.85. The summed E-state index contributed by atoms with van der Waals surface area (Å²) < 4.78 is 0. The van der Waals surface area contributed by atoms with Gasteiger partial charge >= 0.3 is 0 Å². The highest BCUT2D eigenvalue weighted by Gasteiger charge is 2.15. The molecule has 0 aromatic rings. The van der Waals surface area contributed by atoms with Crippen LogP contribution < -0.4 is 11.1 Å². The van der Waals surface area contributed by atoms with Gasteiger partial charge in [0.05, 0.1) is 6.04 Å². The highest BCUT2D eigenvalue weighted by atomic mass is 35.5. The highest BCUT2D eigenvalue weighted by Crippen LogP contribution is 1.98. The maximum atomic E-state index is 10.5. The molecular weight excluding hydrogens is 152 g/mol. The molecule has 3 nitrogen and oxygen atoms in total. The van der Waals surface area contributed by atoms with Crippen LogP contribution in [0.5, 0.6) is 0 Å². The molecule has 0 unspecified atom stereocenters. The van der Waals surface area contributed by atoms with Crippen LogP contribution in [0.1, 0.15) is 13.8 Å². The smallest absolute Gasteiger partial charge is 0.234 e. The second kappa shape index (κ2) is 5.50. The number of carbonyl (C=O) groups is 1. The van der Waals surface area contributed by atoms with Crippen molar-refractivity contribution >= 4 is 18.3 Å². The third kappa shape index (κ3) is 3.69. The van der Waals surface area contributed by atoms with Gasteiger partial charge in [-0.25, -0.2) is 0 Å². The van der Waals surface area contributed by atoms with Crippen molar-refractivity contribution in [2.45, 2.75) is 19.9 Å². The molecule has 0 saturated carbocycles. The van der Waals surface area contributed by atoms with Gasteiger partial charge < -0.3 is 11.1 Å². The number of carbonyl (C=O) groups excluding carboxylic acids is 1. The molecule has 0 spiro atoms. The largest absolute Gasteiger partial charge is 0.368 e. The van der Waals surface area contributed by atoms with Crippen LogP contribution in [0.15, 0.2) is 0 Å². The zero-order valence-corrected chi connectivity index (χ0v) is 7.37. The topological polar surface area (TPSA) is 55.1 Å². The Balaban J connectivity index is 0. The van der Waals surface area contributed by atoms with Gasteiger partial charge in [0.15, 0.2) is 0 Å². The number of rotatable bonds is 3. The molecule has 1 amide bonds. The van der Waals surface area contributed by atoms with Gasteiger partial charge in [0, 0.05) is 0 Å². The first-order valence-corrected chi connectivity index (χ1v) is 3.06. The van der Waals surface area contributed by atoms with Crippen molar-refractivity contribution in [2.75, 3.05) is 7.05 Å². The molecule has 0 aliphatic heterocycles. The van der Waals surface area contributed by atoms with E-state index in [0.717, 1.165) is 0 Å². The lowest BCUT2D eigenvalue weighted by molar-refractivity contribution is -0.120. The Labute approximate surface area is 67.8 Å². The molecule has 1 atom stereocenters. The Hall–Kier alpha value is -0.280. The van der Waals surface area contributed by atoms with Crippen LogP contribution in [-0.2, 0) is 4.79 Å². The van der Waals surface area contributed by atoms with Gasteiger partial charge in [0.25, 0.3) is 0 Å². The fourth-order valence-corrected chi connectivity index (χ4v) is 0.804. The number of nitrogens with two attached hydrogens (primary N) is 1. The van der Waals surface area contributed by atoms with E-state index >= 15 is 0 Å². The van der Waals surface area contributed by atoms with Gasteiger partial charge in [-0.3, -0.25) is 4.79 Å². The monoisotopic (exact) mass is 166 g/mol. The fourth-order valence-electron chi connectivity index (χ4n) is 0.804. The van der Waals surface area contributed by atoms with Gasteiger partial charge in [-0.15, -0.1) is 12.4 Å². The van der Waals surface area contributed by atoms with Crippen LogP contribution in [0.25, 0.3) is 0 Å². The first kappa shape index (κ1) is 12.4. The van der Waals surface area contributed by atoms with Crippen molar-refractivity contribution in [3.63, 3.8) is 0 Å². The first-order chi connectivity index (χ1) is 4.09. The van der Waals surface area contributed by atoms with Crippen molar-refractivity contribution in [2.24, 2.45) is 11.7 Å². The van der Waals surface area contributed by atoms with Crippen molar-refractivity contribution in [1.29, 1.82) is 0 Å². The van der Waals surface area contributed by atoms with E-state index in [0.29, 0.717) is 0 Å². The number of halogens is 1. The quantitative estimate of drug-likeness (QED) is 0.627. The maximum absolute atomic E-state index is 10.5. The summed E-state index contributed by atoms with van der Waals surface area (Å²) in [5.41, 5.74) is 5.05. The number of likely N-dealkylation sites (N-methyl/N-ethyl adjacent to an activating group) is 1. The molecule has 0 aromatic carbocycles. The minimum Gasteiger partial charge on any atom is -0.368 e. The Morgan fingerprint density at radius 2 is 1.90 bits per heavy atom. The second-order valence-electron chi connectivity index (χ2n) is 2.41. The summed E-state index contributed by atoms with van der Waals surface area (Å²) in [5, 5.41) is 2.83. The molecule has 0 radical (unpaired) electrons. The third-order valence-electron chi connectivity index (χ3n) is 1.28. The number of primary amides is 1.